The van der Waals surface area contributed by atoms with Gasteiger partial charge in [0.25, 0.3) is 0 Å². The molecule has 0 atom stereocenters. The lowest BCUT2D eigenvalue weighted by Crippen LogP contribution is -2.04. The molecule has 15 heavy (non-hydrogen) atoms. The fraction of sp³-hybridized carbons (Fsp3) is 0.167. The summed E-state index contributed by atoms with van der Waals surface area (Å²) in [6, 6.07) is 11.9. The molecule has 0 fully saturated rings. The highest BCUT2D eigenvalue weighted by atomic mass is 35.6. The van der Waals surface area contributed by atoms with Crippen molar-refractivity contribution in [3.8, 4) is 0 Å². The molecule has 0 radical (unpaired) electrons. The molecule has 2 aromatic rings. The Morgan fingerprint density at radius 3 is 2.27 bits per heavy atom. The predicted molar refractivity (Wildman–Crippen MR) is 67.9 cm³/mol. The van der Waals surface area contributed by atoms with E-state index >= 15 is 0 Å². The summed E-state index contributed by atoms with van der Waals surface area (Å²) in [5, 5.41) is 2.09. The monoisotopic (exact) mass is 258 g/mol. The summed E-state index contributed by atoms with van der Waals surface area (Å²) in [4.78, 5) is 0. The third-order valence-electron chi connectivity index (χ3n) is 2.42. The summed E-state index contributed by atoms with van der Waals surface area (Å²) in [5.74, 6) is 0. The van der Waals surface area contributed by atoms with Crippen molar-refractivity contribution in [2.24, 2.45) is 0 Å². The zero-order chi connectivity index (χ0) is 11.1. The summed E-state index contributed by atoms with van der Waals surface area (Å²) in [5.41, 5.74) is 1.76. The number of alkyl halides is 3. The van der Waals surface area contributed by atoms with E-state index < -0.39 is 3.79 Å². The van der Waals surface area contributed by atoms with Gasteiger partial charge in [-0.2, -0.15) is 0 Å². The molecule has 0 heterocycles. The maximum absolute atomic E-state index is 5.97. The minimum atomic E-state index is -1.37. The van der Waals surface area contributed by atoms with Crippen molar-refractivity contribution in [3.63, 3.8) is 0 Å². The SMILES string of the molecule is Cc1ccc2ccccc2c1C(Cl)(Cl)Cl. The van der Waals surface area contributed by atoms with Crippen molar-refractivity contribution in [1.82, 2.24) is 0 Å². The fourth-order valence-electron chi connectivity index (χ4n) is 1.76. The Morgan fingerprint density at radius 1 is 0.933 bits per heavy atom. The van der Waals surface area contributed by atoms with E-state index in [1.54, 1.807) is 0 Å². The van der Waals surface area contributed by atoms with Gasteiger partial charge < -0.3 is 0 Å². The summed E-state index contributed by atoms with van der Waals surface area (Å²) in [7, 11) is 0. The van der Waals surface area contributed by atoms with E-state index in [4.69, 9.17) is 34.8 Å². The van der Waals surface area contributed by atoms with Gasteiger partial charge in [-0.05, 0) is 23.3 Å². The quantitative estimate of drug-likeness (QED) is 0.586. The van der Waals surface area contributed by atoms with Crippen LogP contribution >= 0.6 is 34.8 Å². The third kappa shape index (κ3) is 2.08. The minimum absolute atomic E-state index is 0.769. The van der Waals surface area contributed by atoms with E-state index in [1.165, 1.54) is 0 Å². The van der Waals surface area contributed by atoms with Crippen molar-refractivity contribution in [2.75, 3.05) is 0 Å². The maximum atomic E-state index is 5.97. The lowest BCUT2D eigenvalue weighted by molar-refractivity contribution is 1.22. The highest BCUT2D eigenvalue weighted by Crippen LogP contribution is 2.43. The van der Waals surface area contributed by atoms with Gasteiger partial charge in [0, 0.05) is 5.56 Å². The van der Waals surface area contributed by atoms with Crippen LogP contribution in [0.25, 0.3) is 10.8 Å². The van der Waals surface area contributed by atoms with Gasteiger partial charge in [-0.1, -0.05) is 71.2 Å². The molecular weight excluding hydrogens is 250 g/mol. The highest BCUT2D eigenvalue weighted by molar-refractivity contribution is 6.67. The van der Waals surface area contributed by atoms with E-state index in [-0.39, 0.29) is 0 Å². The molecule has 0 nitrogen and oxygen atoms in total. The molecular formula is C12H9Cl3. The van der Waals surface area contributed by atoms with Crippen molar-refractivity contribution < 1.29 is 0 Å². The van der Waals surface area contributed by atoms with Gasteiger partial charge in [0.15, 0.2) is 0 Å². The zero-order valence-corrected chi connectivity index (χ0v) is 10.4. The van der Waals surface area contributed by atoms with Gasteiger partial charge in [0.1, 0.15) is 0 Å². The van der Waals surface area contributed by atoms with Gasteiger partial charge >= 0.3 is 0 Å². The Balaban J connectivity index is 2.86. The average Bonchev–Trinajstić information content (AvgIpc) is 2.15. The molecule has 2 aromatic carbocycles. The van der Waals surface area contributed by atoms with Crippen molar-refractivity contribution in [3.05, 3.63) is 47.5 Å². The summed E-state index contributed by atoms with van der Waals surface area (Å²) in [6.07, 6.45) is 0. The van der Waals surface area contributed by atoms with Crippen molar-refractivity contribution in [2.45, 2.75) is 10.7 Å². The van der Waals surface area contributed by atoms with Gasteiger partial charge in [-0.3, -0.25) is 0 Å². The van der Waals surface area contributed by atoms with Crippen LogP contribution in [0.5, 0.6) is 0 Å². The molecule has 0 aliphatic heterocycles. The molecule has 0 saturated heterocycles. The normalized spacial score (nSPS) is 12.0. The van der Waals surface area contributed by atoms with Crippen LogP contribution in [0.2, 0.25) is 0 Å². The largest absolute Gasteiger partial charge is 0.216 e. The van der Waals surface area contributed by atoms with E-state index in [9.17, 15) is 0 Å². The number of hydrogen-bond donors (Lipinski definition) is 0. The number of fused-ring (bicyclic) bond motifs is 1. The van der Waals surface area contributed by atoms with Crippen LogP contribution < -0.4 is 0 Å². The highest BCUT2D eigenvalue weighted by Gasteiger charge is 2.26. The first-order valence-corrected chi connectivity index (χ1v) is 5.69. The number of hydrogen-bond acceptors (Lipinski definition) is 0. The summed E-state index contributed by atoms with van der Waals surface area (Å²) < 4.78 is -1.37. The second-order valence-electron chi connectivity index (χ2n) is 3.48. The minimum Gasteiger partial charge on any atom is -0.0784 e. The molecule has 0 aromatic heterocycles. The number of benzene rings is 2. The Labute approximate surface area is 104 Å². The maximum Gasteiger partial charge on any atom is 0.216 e. The second-order valence-corrected chi connectivity index (χ2v) is 5.76. The first-order valence-electron chi connectivity index (χ1n) is 4.55. The Hall–Kier alpha value is -0.430. The molecule has 0 amide bonds. The average molecular weight is 260 g/mol. The molecule has 0 bridgehead atoms. The molecule has 0 N–H and O–H groups in total. The third-order valence-corrected chi connectivity index (χ3v) is 2.99. The van der Waals surface area contributed by atoms with Gasteiger partial charge in [0.05, 0.1) is 0 Å². The topological polar surface area (TPSA) is 0 Å². The fourth-order valence-corrected chi connectivity index (χ4v) is 2.51. The van der Waals surface area contributed by atoms with Crippen molar-refractivity contribution >= 4 is 45.6 Å². The Bertz CT molecular complexity index is 498. The first kappa shape index (κ1) is 11.1. The molecule has 78 valence electrons. The van der Waals surface area contributed by atoms with E-state index in [0.717, 1.165) is 21.9 Å². The van der Waals surface area contributed by atoms with Crippen LogP contribution in [0.15, 0.2) is 36.4 Å². The number of halogens is 3. The first-order chi connectivity index (χ1) is 7.00. The number of rotatable bonds is 0. The van der Waals surface area contributed by atoms with E-state index in [0.29, 0.717) is 0 Å². The van der Waals surface area contributed by atoms with Crippen LogP contribution in [0, 0.1) is 6.92 Å². The van der Waals surface area contributed by atoms with E-state index in [2.05, 4.69) is 0 Å². The van der Waals surface area contributed by atoms with Crippen LogP contribution in [0.4, 0.5) is 0 Å². The molecule has 0 unspecified atom stereocenters. The van der Waals surface area contributed by atoms with Crippen LogP contribution in [0.3, 0.4) is 0 Å². The van der Waals surface area contributed by atoms with Crippen LogP contribution in [-0.4, -0.2) is 0 Å². The molecule has 3 heteroatoms. The molecule has 0 aliphatic rings. The predicted octanol–water partition coefficient (Wildman–Crippen LogP) is 4.97. The molecule has 2 rings (SSSR count). The lowest BCUT2D eigenvalue weighted by Gasteiger charge is -2.17. The molecule has 0 aliphatic carbocycles. The Morgan fingerprint density at radius 2 is 1.60 bits per heavy atom. The van der Waals surface area contributed by atoms with Gasteiger partial charge in [-0.15, -0.1) is 0 Å². The van der Waals surface area contributed by atoms with E-state index in [1.807, 2.05) is 43.3 Å². The second kappa shape index (κ2) is 3.86. The smallest absolute Gasteiger partial charge is 0.0784 e. The molecule has 0 spiro atoms. The summed E-state index contributed by atoms with van der Waals surface area (Å²) in [6.45, 7) is 1.95. The van der Waals surface area contributed by atoms with Crippen molar-refractivity contribution in [1.29, 1.82) is 0 Å². The zero-order valence-electron chi connectivity index (χ0n) is 8.10. The summed E-state index contributed by atoms with van der Waals surface area (Å²) >= 11 is 17.9. The standard InChI is InChI=1S/C12H9Cl3/c1-8-6-7-9-4-2-3-5-10(9)11(8)12(13,14)15/h2-7H,1H3. The molecule has 0 saturated carbocycles. The Kier molecular flexibility index (Phi) is 2.85. The van der Waals surface area contributed by atoms with Crippen LogP contribution in [-0.2, 0) is 3.79 Å². The number of aryl methyl sites for hydroxylation is 1. The van der Waals surface area contributed by atoms with Gasteiger partial charge in [0.2, 0.25) is 3.79 Å². The lowest BCUT2D eigenvalue weighted by atomic mass is 10.0. The van der Waals surface area contributed by atoms with Gasteiger partial charge in [-0.25, -0.2) is 0 Å². The van der Waals surface area contributed by atoms with Crippen LogP contribution in [0.1, 0.15) is 11.1 Å².